The molecule has 0 aliphatic rings. The second-order valence-corrected chi connectivity index (χ2v) is 6.02. The van der Waals surface area contributed by atoms with E-state index in [2.05, 4.69) is 5.32 Å². The normalized spacial score (nSPS) is 11.7. The van der Waals surface area contributed by atoms with E-state index in [1.807, 2.05) is 0 Å². The Morgan fingerprint density at radius 2 is 1.80 bits per heavy atom. The number of rotatable bonds is 3. The zero-order valence-electron chi connectivity index (χ0n) is 13.1. The van der Waals surface area contributed by atoms with Gasteiger partial charge in [0.1, 0.15) is 5.58 Å². The Balaban J connectivity index is 1.88. The number of fused-ring (bicyclic) bond motifs is 1. The summed E-state index contributed by atoms with van der Waals surface area (Å²) in [5.41, 5.74) is 1.13. The Morgan fingerprint density at radius 3 is 2.44 bits per heavy atom. The molecule has 0 amide bonds. The van der Waals surface area contributed by atoms with Gasteiger partial charge in [0.15, 0.2) is 0 Å². The summed E-state index contributed by atoms with van der Waals surface area (Å²) in [5, 5.41) is 4.22. The predicted octanol–water partition coefficient (Wildman–Crippen LogP) is 5.39. The minimum atomic E-state index is -4.37. The predicted molar refractivity (Wildman–Crippen MR) is 91.0 cm³/mol. The third-order valence-corrected chi connectivity index (χ3v) is 4.21. The highest BCUT2D eigenvalue weighted by Crippen LogP contribution is 2.30. The average Bonchev–Trinajstić information content (AvgIpc) is 2.54. The fourth-order valence-corrected chi connectivity index (χ4v) is 2.63. The molecule has 130 valence electrons. The van der Waals surface area contributed by atoms with Crippen LogP contribution in [0.4, 0.5) is 18.9 Å². The lowest BCUT2D eigenvalue weighted by atomic mass is 10.1. The summed E-state index contributed by atoms with van der Waals surface area (Å²) in [6.45, 7) is 2.04. The van der Waals surface area contributed by atoms with Crippen molar-refractivity contribution in [1.29, 1.82) is 0 Å². The molecule has 0 aliphatic heterocycles. The van der Waals surface area contributed by atoms with E-state index >= 15 is 0 Å². The Bertz CT molecular complexity index is 979. The van der Waals surface area contributed by atoms with Gasteiger partial charge in [-0.3, -0.25) is 0 Å². The molecule has 0 unspecified atom stereocenters. The third-order valence-electron chi connectivity index (χ3n) is 3.80. The first-order valence-corrected chi connectivity index (χ1v) is 7.76. The summed E-state index contributed by atoms with van der Waals surface area (Å²) in [4.78, 5) is 11.7. The number of benzene rings is 2. The van der Waals surface area contributed by atoms with Gasteiger partial charge in [-0.05, 0) is 54.4 Å². The van der Waals surface area contributed by atoms with Crippen LogP contribution in [0.3, 0.4) is 0 Å². The summed E-state index contributed by atoms with van der Waals surface area (Å²) >= 11 is 6.13. The Hall–Kier alpha value is -2.47. The molecule has 0 radical (unpaired) electrons. The fourth-order valence-electron chi connectivity index (χ4n) is 2.47. The van der Waals surface area contributed by atoms with Crippen LogP contribution in [0.1, 0.15) is 16.7 Å². The molecule has 25 heavy (non-hydrogen) atoms. The number of alkyl halides is 3. The summed E-state index contributed by atoms with van der Waals surface area (Å²) in [6.07, 6.45) is -4.37. The van der Waals surface area contributed by atoms with Crippen molar-refractivity contribution in [3.63, 3.8) is 0 Å². The highest BCUT2D eigenvalue weighted by molar-refractivity contribution is 6.32. The molecule has 0 spiro atoms. The van der Waals surface area contributed by atoms with E-state index in [1.54, 1.807) is 19.1 Å². The topological polar surface area (TPSA) is 42.2 Å². The molecule has 1 aromatic heterocycles. The Morgan fingerprint density at radius 1 is 1.12 bits per heavy atom. The van der Waals surface area contributed by atoms with E-state index < -0.39 is 17.4 Å². The Labute approximate surface area is 146 Å². The van der Waals surface area contributed by atoms with Gasteiger partial charge >= 0.3 is 11.8 Å². The van der Waals surface area contributed by atoms with E-state index in [1.165, 1.54) is 18.2 Å². The van der Waals surface area contributed by atoms with E-state index in [0.29, 0.717) is 27.2 Å². The van der Waals surface area contributed by atoms with Crippen molar-refractivity contribution in [2.45, 2.75) is 19.6 Å². The van der Waals surface area contributed by atoms with Crippen LogP contribution in [-0.4, -0.2) is 0 Å². The number of aryl methyl sites for hydroxylation is 1. The van der Waals surface area contributed by atoms with Gasteiger partial charge in [-0.15, -0.1) is 0 Å². The van der Waals surface area contributed by atoms with Gasteiger partial charge in [0, 0.05) is 28.7 Å². The first kappa shape index (κ1) is 17.4. The minimum Gasteiger partial charge on any atom is -0.423 e. The molecule has 3 rings (SSSR count). The van der Waals surface area contributed by atoms with Crippen LogP contribution in [0.25, 0.3) is 11.0 Å². The highest BCUT2D eigenvalue weighted by atomic mass is 35.5. The number of halogens is 4. The van der Waals surface area contributed by atoms with Gasteiger partial charge in [0.2, 0.25) is 0 Å². The second kappa shape index (κ2) is 6.44. The molecule has 0 fully saturated rings. The maximum Gasteiger partial charge on any atom is 0.416 e. The van der Waals surface area contributed by atoms with Crippen LogP contribution in [-0.2, 0) is 12.7 Å². The zero-order chi connectivity index (χ0) is 18.2. The van der Waals surface area contributed by atoms with E-state index in [0.717, 1.165) is 17.7 Å². The van der Waals surface area contributed by atoms with Crippen molar-refractivity contribution in [1.82, 2.24) is 0 Å². The fraction of sp³-hybridized carbons (Fsp3) is 0.167. The van der Waals surface area contributed by atoms with Crippen molar-refractivity contribution >= 4 is 28.3 Å². The third kappa shape index (κ3) is 3.79. The Kier molecular flexibility index (Phi) is 4.47. The van der Waals surface area contributed by atoms with Gasteiger partial charge in [0.25, 0.3) is 0 Å². The maximum absolute atomic E-state index is 12.6. The van der Waals surface area contributed by atoms with Crippen LogP contribution in [0.2, 0.25) is 5.02 Å². The molecule has 1 heterocycles. The summed E-state index contributed by atoms with van der Waals surface area (Å²) in [5.74, 6) is 0. The molecule has 3 nitrogen and oxygen atoms in total. The van der Waals surface area contributed by atoms with Crippen molar-refractivity contribution in [2.24, 2.45) is 0 Å². The molecule has 0 atom stereocenters. The number of anilines is 1. The monoisotopic (exact) mass is 367 g/mol. The van der Waals surface area contributed by atoms with Gasteiger partial charge < -0.3 is 9.73 Å². The van der Waals surface area contributed by atoms with Crippen LogP contribution < -0.4 is 10.9 Å². The van der Waals surface area contributed by atoms with E-state index in [9.17, 15) is 18.0 Å². The lowest BCUT2D eigenvalue weighted by molar-refractivity contribution is -0.137. The molecular weight excluding hydrogens is 355 g/mol. The first-order chi connectivity index (χ1) is 11.7. The van der Waals surface area contributed by atoms with Gasteiger partial charge in [-0.25, -0.2) is 4.79 Å². The number of nitrogens with one attached hydrogen (secondary N) is 1. The minimum absolute atomic E-state index is 0.243. The highest BCUT2D eigenvalue weighted by Gasteiger charge is 2.29. The molecule has 0 saturated heterocycles. The molecule has 7 heteroatoms. The van der Waals surface area contributed by atoms with Crippen molar-refractivity contribution < 1.29 is 17.6 Å². The molecule has 3 aromatic rings. The van der Waals surface area contributed by atoms with E-state index in [-0.39, 0.29) is 6.54 Å². The van der Waals surface area contributed by atoms with Gasteiger partial charge in [0.05, 0.1) is 5.56 Å². The zero-order valence-corrected chi connectivity index (χ0v) is 13.8. The SMILES string of the molecule is Cc1cc2oc(=O)cc(CNc3ccc(C(F)(F)F)cc3)c2cc1Cl. The number of hydrogen-bond donors (Lipinski definition) is 1. The molecule has 1 N–H and O–H groups in total. The number of hydrogen-bond acceptors (Lipinski definition) is 3. The van der Waals surface area contributed by atoms with Crippen LogP contribution >= 0.6 is 11.6 Å². The molecule has 0 saturated carbocycles. The van der Waals surface area contributed by atoms with Crippen LogP contribution in [0.15, 0.2) is 51.7 Å². The quantitative estimate of drug-likeness (QED) is 0.631. The van der Waals surface area contributed by atoms with Gasteiger partial charge in [-0.1, -0.05) is 11.6 Å². The first-order valence-electron chi connectivity index (χ1n) is 7.38. The van der Waals surface area contributed by atoms with Crippen LogP contribution in [0, 0.1) is 6.92 Å². The molecule has 0 bridgehead atoms. The van der Waals surface area contributed by atoms with Crippen LogP contribution in [0.5, 0.6) is 0 Å². The molecule has 0 aliphatic carbocycles. The van der Waals surface area contributed by atoms with Gasteiger partial charge in [-0.2, -0.15) is 13.2 Å². The van der Waals surface area contributed by atoms with Crippen molar-refractivity contribution in [2.75, 3.05) is 5.32 Å². The smallest absolute Gasteiger partial charge is 0.416 e. The maximum atomic E-state index is 12.6. The lowest BCUT2D eigenvalue weighted by Crippen LogP contribution is -2.07. The van der Waals surface area contributed by atoms with Crippen molar-refractivity contribution in [3.8, 4) is 0 Å². The van der Waals surface area contributed by atoms with E-state index in [4.69, 9.17) is 16.0 Å². The van der Waals surface area contributed by atoms with Crippen molar-refractivity contribution in [3.05, 3.63) is 74.6 Å². The standard InChI is InChI=1S/C18H13ClF3NO2/c1-10-6-16-14(8-15(10)19)11(7-17(24)25-16)9-23-13-4-2-12(3-5-13)18(20,21)22/h2-8,23H,9H2,1H3. The molecular formula is C18H13ClF3NO2. The lowest BCUT2D eigenvalue weighted by Gasteiger charge is -2.11. The molecule has 2 aromatic carbocycles. The summed E-state index contributed by atoms with van der Waals surface area (Å²) in [7, 11) is 0. The largest absolute Gasteiger partial charge is 0.423 e. The summed E-state index contributed by atoms with van der Waals surface area (Å²) in [6, 6.07) is 9.41. The summed E-state index contributed by atoms with van der Waals surface area (Å²) < 4.78 is 42.9. The second-order valence-electron chi connectivity index (χ2n) is 5.62. The average molecular weight is 368 g/mol.